The molecule has 1 rings (SSSR count). The van der Waals surface area contributed by atoms with Gasteiger partial charge >= 0.3 is 0 Å². The third-order valence-electron chi connectivity index (χ3n) is 3.00. The van der Waals surface area contributed by atoms with Crippen LogP contribution in [0.4, 0.5) is 0 Å². The van der Waals surface area contributed by atoms with E-state index in [2.05, 4.69) is 26.1 Å². The zero-order valence-electron chi connectivity index (χ0n) is 11.0. The fraction of sp³-hybridized carbons (Fsp3) is 0.571. The molecule has 0 fully saturated rings. The minimum absolute atomic E-state index is 0.676. The summed E-state index contributed by atoms with van der Waals surface area (Å²) in [5.41, 5.74) is 1.15. The Hall–Kier alpha value is -0.730. The molecule has 96 valence electrons. The van der Waals surface area contributed by atoms with Gasteiger partial charge in [-0.1, -0.05) is 25.4 Å². The van der Waals surface area contributed by atoms with Crippen LogP contribution in [0.25, 0.3) is 0 Å². The first-order valence-electron chi connectivity index (χ1n) is 6.41. The Morgan fingerprint density at radius 1 is 1.35 bits per heavy atom. The zero-order valence-corrected chi connectivity index (χ0v) is 11.8. The Labute approximate surface area is 109 Å². The molecule has 0 unspecified atom stereocenters. The number of aryl methyl sites for hydroxylation is 1. The molecule has 0 aliphatic carbocycles. The maximum atomic E-state index is 6.06. The maximum Gasteiger partial charge on any atom is 0.137 e. The SMILES string of the molecule is CCc1cc(OCC[NH2+][C@H](C)CC)ccc1Cl. The van der Waals surface area contributed by atoms with Gasteiger partial charge in [0, 0.05) is 5.02 Å². The molecule has 2 N–H and O–H groups in total. The molecular formula is C14H23ClNO+. The summed E-state index contributed by atoms with van der Waals surface area (Å²) >= 11 is 6.06. The van der Waals surface area contributed by atoms with Gasteiger partial charge in [0.2, 0.25) is 0 Å². The van der Waals surface area contributed by atoms with E-state index < -0.39 is 0 Å². The summed E-state index contributed by atoms with van der Waals surface area (Å²) in [5.74, 6) is 0.920. The molecule has 0 aliphatic heterocycles. The van der Waals surface area contributed by atoms with E-state index in [4.69, 9.17) is 16.3 Å². The van der Waals surface area contributed by atoms with Crippen molar-refractivity contribution in [2.45, 2.75) is 39.7 Å². The summed E-state index contributed by atoms with van der Waals surface area (Å²) in [4.78, 5) is 0. The van der Waals surface area contributed by atoms with E-state index in [1.807, 2.05) is 18.2 Å². The number of nitrogens with two attached hydrogens (primary N) is 1. The standard InChI is InChI=1S/C14H22ClNO/c1-4-11(3)16-8-9-17-13-6-7-14(15)12(5-2)10-13/h6-7,10-11,16H,4-5,8-9H2,1-3H3/p+1/t11-/m1/s1. The highest BCUT2D eigenvalue weighted by Gasteiger charge is 2.03. The lowest BCUT2D eigenvalue weighted by Crippen LogP contribution is -2.90. The van der Waals surface area contributed by atoms with Crippen molar-refractivity contribution in [3.05, 3.63) is 28.8 Å². The molecule has 0 aliphatic rings. The topological polar surface area (TPSA) is 25.8 Å². The number of benzene rings is 1. The van der Waals surface area contributed by atoms with Crippen molar-refractivity contribution < 1.29 is 10.1 Å². The van der Waals surface area contributed by atoms with E-state index in [0.29, 0.717) is 6.04 Å². The Bertz CT molecular complexity index is 341. The van der Waals surface area contributed by atoms with Gasteiger partial charge in [0.15, 0.2) is 0 Å². The van der Waals surface area contributed by atoms with E-state index in [1.54, 1.807) is 0 Å². The molecular weight excluding hydrogens is 234 g/mol. The van der Waals surface area contributed by atoms with E-state index in [0.717, 1.165) is 35.9 Å². The van der Waals surface area contributed by atoms with E-state index in [9.17, 15) is 0 Å². The van der Waals surface area contributed by atoms with Crippen molar-refractivity contribution in [3.8, 4) is 5.75 Å². The smallest absolute Gasteiger partial charge is 0.137 e. The minimum Gasteiger partial charge on any atom is -0.488 e. The Balaban J connectivity index is 2.36. The number of hydrogen-bond donors (Lipinski definition) is 1. The van der Waals surface area contributed by atoms with Crippen LogP contribution in [-0.2, 0) is 6.42 Å². The van der Waals surface area contributed by atoms with Gasteiger partial charge in [0.25, 0.3) is 0 Å². The van der Waals surface area contributed by atoms with Crippen LogP contribution in [0.5, 0.6) is 5.75 Å². The van der Waals surface area contributed by atoms with Gasteiger partial charge in [-0.05, 0) is 43.5 Å². The highest BCUT2D eigenvalue weighted by atomic mass is 35.5. The molecule has 3 heteroatoms. The third-order valence-corrected chi connectivity index (χ3v) is 3.37. The second-order valence-corrected chi connectivity index (χ2v) is 4.77. The lowest BCUT2D eigenvalue weighted by molar-refractivity contribution is -0.686. The second kappa shape index (κ2) is 7.57. The molecule has 2 nitrogen and oxygen atoms in total. The fourth-order valence-corrected chi connectivity index (χ4v) is 1.86. The van der Waals surface area contributed by atoms with Gasteiger partial charge < -0.3 is 10.1 Å². The van der Waals surface area contributed by atoms with Crippen molar-refractivity contribution in [1.29, 1.82) is 0 Å². The third kappa shape index (κ3) is 4.97. The van der Waals surface area contributed by atoms with Gasteiger partial charge in [0.1, 0.15) is 18.9 Å². The first kappa shape index (κ1) is 14.3. The highest BCUT2D eigenvalue weighted by Crippen LogP contribution is 2.22. The lowest BCUT2D eigenvalue weighted by Gasteiger charge is -2.10. The predicted molar refractivity (Wildman–Crippen MR) is 72.9 cm³/mol. The monoisotopic (exact) mass is 256 g/mol. The van der Waals surface area contributed by atoms with Crippen LogP contribution < -0.4 is 10.1 Å². The maximum absolute atomic E-state index is 6.06. The molecule has 0 bridgehead atoms. The van der Waals surface area contributed by atoms with Crippen molar-refractivity contribution in [3.63, 3.8) is 0 Å². The normalized spacial score (nSPS) is 12.5. The van der Waals surface area contributed by atoms with Crippen molar-refractivity contribution in [1.82, 2.24) is 0 Å². The summed E-state index contributed by atoms with van der Waals surface area (Å²) in [7, 11) is 0. The summed E-state index contributed by atoms with van der Waals surface area (Å²) in [5, 5.41) is 3.14. The Morgan fingerprint density at radius 2 is 2.12 bits per heavy atom. The van der Waals surface area contributed by atoms with E-state index >= 15 is 0 Å². The van der Waals surface area contributed by atoms with Crippen LogP contribution in [0.3, 0.4) is 0 Å². The van der Waals surface area contributed by atoms with E-state index in [1.165, 1.54) is 6.42 Å². The zero-order chi connectivity index (χ0) is 12.7. The van der Waals surface area contributed by atoms with Crippen LogP contribution in [-0.4, -0.2) is 19.2 Å². The van der Waals surface area contributed by atoms with Gasteiger partial charge in [0.05, 0.1) is 6.04 Å². The average Bonchev–Trinajstić information content (AvgIpc) is 2.36. The van der Waals surface area contributed by atoms with Crippen molar-refractivity contribution >= 4 is 11.6 Å². The van der Waals surface area contributed by atoms with E-state index in [-0.39, 0.29) is 0 Å². The van der Waals surface area contributed by atoms with Crippen molar-refractivity contribution in [2.24, 2.45) is 0 Å². The van der Waals surface area contributed by atoms with Crippen molar-refractivity contribution in [2.75, 3.05) is 13.2 Å². The number of rotatable bonds is 7. The largest absolute Gasteiger partial charge is 0.488 e. The molecule has 0 saturated heterocycles. The van der Waals surface area contributed by atoms with Crippen LogP contribution in [0, 0.1) is 0 Å². The Kier molecular flexibility index (Phi) is 6.38. The Morgan fingerprint density at radius 3 is 2.76 bits per heavy atom. The number of quaternary nitrogens is 1. The summed E-state index contributed by atoms with van der Waals surface area (Å²) in [6.07, 6.45) is 2.13. The first-order chi connectivity index (χ1) is 8.17. The quantitative estimate of drug-likeness (QED) is 0.746. The lowest BCUT2D eigenvalue weighted by atomic mass is 10.1. The molecule has 0 spiro atoms. The molecule has 0 radical (unpaired) electrons. The number of hydrogen-bond acceptors (Lipinski definition) is 1. The molecule has 1 atom stereocenters. The molecule has 17 heavy (non-hydrogen) atoms. The predicted octanol–water partition coefficient (Wildman–Crippen LogP) is 2.64. The van der Waals surface area contributed by atoms with Crippen LogP contribution in [0.2, 0.25) is 5.02 Å². The average molecular weight is 257 g/mol. The molecule has 1 aromatic carbocycles. The second-order valence-electron chi connectivity index (χ2n) is 4.37. The first-order valence-corrected chi connectivity index (χ1v) is 6.79. The number of ether oxygens (including phenoxy) is 1. The summed E-state index contributed by atoms with van der Waals surface area (Å²) < 4.78 is 5.71. The van der Waals surface area contributed by atoms with Crippen LogP contribution >= 0.6 is 11.6 Å². The fourth-order valence-electron chi connectivity index (χ4n) is 1.61. The van der Waals surface area contributed by atoms with Gasteiger partial charge in [-0.15, -0.1) is 0 Å². The molecule has 1 aromatic rings. The van der Waals surface area contributed by atoms with Gasteiger partial charge in [-0.3, -0.25) is 0 Å². The van der Waals surface area contributed by atoms with Gasteiger partial charge in [-0.2, -0.15) is 0 Å². The van der Waals surface area contributed by atoms with Gasteiger partial charge in [-0.25, -0.2) is 0 Å². The van der Waals surface area contributed by atoms with Crippen LogP contribution in [0.1, 0.15) is 32.8 Å². The molecule has 0 heterocycles. The highest BCUT2D eigenvalue weighted by molar-refractivity contribution is 6.31. The summed E-state index contributed by atoms with van der Waals surface area (Å²) in [6.45, 7) is 8.28. The molecule has 0 aromatic heterocycles. The minimum atomic E-state index is 0.676. The molecule has 0 saturated carbocycles. The number of halogens is 1. The molecule has 0 amide bonds. The van der Waals surface area contributed by atoms with Crippen LogP contribution in [0.15, 0.2) is 18.2 Å². The summed E-state index contributed by atoms with van der Waals surface area (Å²) in [6, 6.07) is 6.56.